The van der Waals surface area contributed by atoms with Crippen molar-refractivity contribution in [1.29, 1.82) is 0 Å². The van der Waals surface area contributed by atoms with Gasteiger partial charge in [0.15, 0.2) is 20.4 Å². The van der Waals surface area contributed by atoms with Crippen LogP contribution in [0.25, 0.3) is 33.6 Å². The molecule has 0 saturated heterocycles. The molecule has 8 heteroatoms. The molecule has 0 amide bonds. The molecule has 0 atom stereocenters. The van der Waals surface area contributed by atoms with E-state index in [-0.39, 0.29) is 10.6 Å². The molecule has 7 nitrogen and oxygen atoms in total. The maximum atomic E-state index is 11.8. The van der Waals surface area contributed by atoms with E-state index in [1.165, 1.54) is 22.9 Å². The van der Waals surface area contributed by atoms with Crippen molar-refractivity contribution in [3.8, 4) is 22.5 Å². The van der Waals surface area contributed by atoms with E-state index in [0.29, 0.717) is 28.0 Å². The van der Waals surface area contributed by atoms with E-state index in [0.717, 1.165) is 11.8 Å². The van der Waals surface area contributed by atoms with Gasteiger partial charge in [-0.1, -0.05) is 0 Å². The van der Waals surface area contributed by atoms with Gasteiger partial charge >= 0.3 is 0 Å². The van der Waals surface area contributed by atoms with Gasteiger partial charge in [-0.2, -0.15) is 0 Å². The minimum absolute atomic E-state index is 0.00481. The third-order valence-corrected chi connectivity index (χ3v) is 5.19. The summed E-state index contributed by atoms with van der Waals surface area (Å²) >= 11 is 0. The predicted molar refractivity (Wildman–Crippen MR) is 101 cm³/mol. The summed E-state index contributed by atoms with van der Waals surface area (Å²) in [6.07, 6.45) is 5.90. The number of fused-ring (bicyclic) bond motifs is 1. The number of aromatic nitrogens is 3. The van der Waals surface area contributed by atoms with Crippen LogP contribution in [0.15, 0.2) is 69.2 Å². The monoisotopic (exact) mass is 381 g/mol. The van der Waals surface area contributed by atoms with Gasteiger partial charge in [0.1, 0.15) is 11.3 Å². The Morgan fingerprint density at radius 1 is 1.00 bits per heavy atom. The molecule has 0 aliphatic carbocycles. The molecule has 0 aliphatic rings. The van der Waals surface area contributed by atoms with E-state index in [1.807, 2.05) is 0 Å². The second kappa shape index (κ2) is 6.17. The van der Waals surface area contributed by atoms with Crippen molar-refractivity contribution in [1.82, 2.24) is 14.5 Å². The summed E-state index contributed by atoms with van der Waals surface area (Å²) < 4.78 is 31.1. The van der Waals surface area contributed by atoms with Crippen molar-refractivity contribution in [2.45, 2.75) is 5.03 Å². The van der Waals surface area contributed by atoms with E-state index in [9.17, 15) is 13.2 Å². The Bertz CT molecular complexity index is 1340. The number of hydrogen-bond acceptors (Lipinski definition) is 6. The van der Waals surface area contributed by atoms with Gasteiger partial charge in [-0.15, -0.1) is 0 Å². The number of nitrogens with zero attached hydrogens (tertiary/aromatic N) is 3. The fourth-order valence-electron chi connectivity index (χ4n) is 2.83. The minimum Gasteiger partial charge on any atom is -0.454 e. The van der Waals surface area contributed by atoms with E-state index in [1.54, 1.807) is 43.7 Å². The van der Waals surface area contributed by atoms with Crippen molar-refractivity contribution in [2.24, 2.45) is 7.05 Å². The van der Waals surface area contributed by atoms with Crippen LogP contribution >= 0.6 is 0 Å². The summed E-state index contributed by atoms with van der Waals surface area (Å²) in [4.78, 5) is 19.8. The molecule has 4 heterocycles. The molecule has 0 radical (unpaired) electrons. The molecule has 0 fully saturated rings. The smallest absolute Gasteiger partial charge is 0.250 e. The first-order chi connectivity index (χ1) is 12.8. The van der Waals surface area contributed by atoms with Crippen molar-refractivity contribution < 1.29 is 12.8 Å². The van der Waals surface area contributed by atoms with Crippen LogP contribution in [-0.2, 0) is 16.9 Å². The predicted octanol–water partition coefficient (Wildman–Crippen LogP) is 2.66. The maximum Gasteiger partial charge on any atom is 0.250 e. The Morgan fingerprint density at radius 2 is 1.78 bits per heavy atom. The Labute approximate surface area is 154 Å². The van der Waals surface area contributed by atoms with E-state index >= 15 is 0 Å². The van der Waals surface area contributed by atoms with Gasteiger partial charge in [0.25, 0.3) is 0 Å². The normalized spacial score (nSPS) is 11.8. The number of rotatable bonds is 3. The molecule has 0 unspecified atom stereocenters. The van der Waals surface area contributed by atoms with Crippen molar-refractivity contribution >= 4 is 20.9 Å². The summed E-state index contributed by atoms with van der Waals surface area (Å²) in [5.74, 6) is 0.568. The summed E-state index contributed by atoms with van der Waals surface area (Å²) in [6.45, 7) is 0. The molecule has 136 valence electrons. The summed E-state index contributed by atoms with van der Waals surface area (Å²) in [6, 6.07) is 9.94. The number of sulfone groups is 1. The van der Waals surface area contributed by atoms with Crippen LogP contribution in [0.1, 0.15) is 0 Å². The molecule has 0 aromatic carbocycles. The molecular weight excluding hydrogens is 366 g/mol. The highest BCUT2D eigenvalue weighted by atomic mass is 32.2. The Balaban J connectivity index is 1.90. The van der Waals surface area contributed by atoms with Gasteiger partial charge in [-0.25, -0.2) is 13.4 Å². The quantitative estimate of drug-likeness (QED) is 0.541. The lowest BCUT2D eigenvalue weighted by molar-refractivity contribution is 0.598. The molecule has 0 spiro atoms. The van der Waals surface area contributed by atoms with Gasteiger partial charge < -0.3 is 8.98 Å². The highest BCUT2D eigenvalue weighted by molar-refractivity contribution is 7.90. The zero-order chi connectivity index (χ0) is 19.2. The Hall–Kier alpha value is -3.26. The maximum absolute atomic E-state index is 11.8. The highest BCUT2D eigenvalue weighted by Crippen LogP contribution is 2.33. The topological polar surface area (TPSA) is 95.1 Å². The highest BCUT2D eigenvalue weighted by Gasteiger charge is 2.15. The van der Waals surface area contributed by atoms with Crippen LogP contribution in [0, 0.1) is 0 Å². The average Bonchev–Trinajstić information content (AvgIpc) is 3.07. The first kappa shape index (κ1) is 17.2. The third kappa shape index (κ3) is 3.15. The zero-order valence-electron chi connectivity index (χ0n) is 14.6. The molecule has 0 N–H and O–H groups in total. The van der Waals surface area contributed by atoms with Gasteiger partial charge in [0, 0.05) is 55.2 Å². The number of aryl methyl sites for hydroxylation is 1. The lowest BCUT2D eigenvalue weighted by Gasteiger charge is -2.04. The lowest BCUT2D eigenvalue weighted by Crippen LogP contribution is -2.13. The molecule has 4 aromatic heterocycles. The second-order valence-corrected chi connectivity index (χ2v) is 8.17. The lowest BCUT2D eigenvalue weighted by atomic mass is 10.1. The van der Waals surface area contributed by atoms with E-state index < -0.39 is 9.84 Å². The standard InChI is InChI=1S/C19H15N3O4S/c1-22-11-13(3-4-18(22)23)16-10-15-19(26-16)14(6-8-20-15)12-5-7-21-17(9-12)27(2,24)25/h3-11H,1-2H3. The first-order valence-electron chi connectivity index (χ1n) is 8.05. The van der Waals surface area contributed by atoms with Gasteiger partial charge in [-0.05, 0) is 29.8 Å². The van der Waals surface area contributed by atoms with E-state index in [2.05, 4.69) is 9.97 Å². The molecule has 4 rings (SSSR count). The Kier molecular flexibility index (Phi) is 3.92. The first-order valence-corrected chi connectivity index (χ1v) is 9.94. The van der Waals surface area contributed by atoms with Gasteiger partial charge in [0.2, 0.25) is 5.56 Å². The zero-order valence-corrected chi connectivity index (χ0v) is 15.4. The minimum atomic E-state index is -3.42. The molecule has 27 heavy (non-hydrogen) atoms. The van der Waals surface area contributed by atoms with Gasteiger partial charge in [-0.3, -0.25) is 9.78 Å². The fraction of sp³-hybridized carbons (Fsp3) is 0.105. The molecule has 4 aromatic rings. The fourth-order valence-corrected chi connectivity index (χ4v) is 3.42. The van der Waals surface area contributed by atoms with Crippen LogP contribution in [0.4, 0.5) is 0 Å². The van der Waals surface area contributed by atoms with Gasteiger partial charge in [0.05, 0.1) is 0 Å². The summed E-state index contributed by atoms with van der Waals surface area (Å²) in [5, 5.41) is -0.00481. The van der Waals surface area contributed by atoms with Crippen LogP contribution in [-0.4, -0.2) is 29.2 Å². The largest absolute Gasteiger partial charge is 0.454 e. The van der Waals surface area contributed by atoms with Crippen molar-refractivity contribution in [3.05, 3.63) is 65.3 Å². The molecular formula is C19H15N3O4S. The Morgan fingerprint density at radius 3 is 2.52 bits per heavy atom. The molecule has 0 aliphatic heterocycles. The van der Waals surface area contributed by atoms with Crippen LogP contribution in [0.3, 0.4) is 0 Å². The summed E-state index contributed by atoms with van der Waals surface area (Å²) in [7, 11) is -1.75. The number of pyridine rings is 3. The van der Waals surface area contributed by atoms with Crippen molar-refractivity contribution in [3.63, 3.8) is 0 Å². The second-order valence-electron chi connectivity index (χ2n) is 6.21. The van der Waals surface area contributed by atoms with Crippen LogP contribution < -0.4 is 5.56 Å². The van der Waals surface area contributed by atoms with E-state index in [4.69, 9.17) is 4.42 Å². The van der Waals surface area contributed by atoms with Crippen LogP contribution in [0.5, 0.6) is 0 Å². The number of furan rings is 1. The molecule has 0 bridgehead atoms. The van der Waals surface area contributed by atoms with Crippen LogP contribution in [0.2, 0.25) is 0 Å². The van der Waals surface area contributed by atoms with Crippen molar-refractivity contribution in [2.75, 3.05) is 6.26 Å². The third-order valence-electron chi connectivity index (χ3n) is 4.21. The summed E-state index contributed by atoms with van der Waals surface area (Å²) in [5.41, 5.74) is 3.18. The number of hydrogen-bond donors (Lipinski definition) is 0. The molecule has 0 saturated carbocycles. The average molecular weight is 381 g/mol. The SMILES string of the molecule is Cn1cc(-c2cc3nccc(-c4ccnc(S(C)(=O)=O)c4)c3o2)ccc1=O.